The topological polar surface area (TPSA) is 64.6 Å². The molecule has 0 saturated heterocycles. The van der Waals surface area contributed by atoms with Crippen LogP contribution in [0, 0.1) is 11.8 Å². The van der Waals surface area contributed by atoms with Gasteiger partial charge in [-0.15, -0.1) is 0 Å². The zero-order chi connectivity index (χ0) is 26.0. The summed E-state index contributed by atoms with van der Waals surface area (Å²) in [5.74, 6) is 4.44. The van der Waals surface area contributed by atoms with Crippen LogP contribution in [0.15, 0.2) is 12.1 Å². The van der Waals surface area contributed by atoms with Gasteiger partial charge in [0.15, 0.2) is 31.3 Å². The van der Waals surface area contributed by atoms with E-state index in [0.717, 1.165) is 28.7 Å². The van der Waals surface area contributed by atoms with Gasteiger partial charge in [-0.3, -0.25) is 0 Å². The second-order valence-electron chi connectivity index (χ2n) is 11.6. The van der Waals surface area contributed by atoms with Crippen molar-refractivity contribution in [3.63, 3.8) is 0 Å². The molecule has 0 unspecified atom stereocenters. The summed E-state index contributed by atoms with van der Waals surface area (Å²) in [4.78, 5) is 0. The van der Waals surface area contributed by atoms with Gasteiger partial charge in [-0.2, -0.15) is 0 Å². The number of fused-ring (bicyclic) bond motifs is 5. The van der Waals surface area contributed by atoms with E-state index in [2.05, 4.69) is 59.8 Å². The lowest BCUT2D eigenvalue weighted by Crippen LogP contribution is -2.43. The third-order valence-electron chi connectivity index (χ3n) is 8.46. The average molecular weight is 515 g/mol. The fourth-order valence-corrected chi connectivity index (χ4v) is 6.51. The Balaban J connectivity index is 1.85. The van der Waals surface area contributed by atoms with E-state index >= 15 is 0 Å². The summed E-state index contributed by atoms with van der Waals surface area (Å²) in [5.41, 5.74) is 4.00. The van der Waals surface area contributed by atoms with Crippen LogP contribution in [-0.4, -0.2) is 36.1 Å². The summed E-state index contributed by atoms with van der Waals surface area (Å²) in [6.07, 6.45) is 0.667. The van der Waals surface area contributed by atoms with Crippen molar-refractivity contribution in [2.24, 2.45) is 11.8 Å². The summed E-state index contributed by atoms with van der Waals surface area (Å²) >= 11 is 0. The standard InChI is InChI=1S/C28H38O7Si/c1-15-10-17-11-19-24(33-13-31-19)26(29-6)21(17)22-18(12-20-25(27(22)30-7)34-14-32-20)23(16(15)2)35-36(8,9)28(3,4)5/h11-12,15-16,23H,10,13-14H2,1-9H3/t15-,16-,23-/m0/s1. The maximum absolute atomic E-state index is 7.22. The molecule has 0 spiro atoms. The van der Waals surface area contributed by atoms with E-state index in [4.69, 9.17) is 32.8 Å². The largest absolute Gasteiger partial charge is 0.492 e. The van der Waals surface area contributed by atoms with Crippen LogP contribution in [0.1, 0.15) is 51.8 Å². The summed E-state index contributed by atoms with van der Waals surface area (Å²) in [6.45, 7) is 16.3. The molecule has 0 amide bonds. The van der Waals surface area contributed by atoms with Crippen LogP contribution >= 0.6 is 0 Å². The average Bonchev–Trinajstić information content (AvgIpc) is 3.48. The van der Waals surface area contributed by atoms with Gasteiger partial charge in [0.2, 0.25) is 25.1 Å². The van der Waals surface area contributed by atoms with Crippen LogP contribution in [0.2, 0.25) is 18.1 Å². The number of benzene rings is 2. The highest BCUT2D eigenvalue weighted by Crippen LogP contribution is 2.59. The second kappa shape index (κ2) is 8.77. The van der Waals surface area contributed by atoms with Gasteiger partial charge in [0, 0.05) is 11.1 Å². The minimum absolute atomic E-state index is 0.0561. The van der Waals surface area contributed by atoms with E-state index in [-0.39, 0.29) is 30.6 Å². The van der Waals surface area contributed by atoms with Crippen molar-refractivity contribution in [3.05, 3.63) is 23.3 Å². The molecule has 0 saturated carbocycles. The highest BCUT2D eigenvalue weighted by Gasteiger charge is 2.45. The highest BCUT2D eigenvalue weighted by molar-refractivity contribution is 6.74. The van der Waals surface area contributed by atoms with Gasteiger partial charge in [-0.25, -0.2) is 0 Å². The number of rotatable bonds is 4. The Morgan fingerprint density at radius 1 is 0.833 bits per heavy atom. The molecule has 3 aliphatic rings. The first-order valence-electron chi connectivity index (χ1n) is 12.7. The molecule has 3 atom stereocenters. The third kappa shape index (κ3) is 3.80. The van der Waals surface area contributed by atoms with Gasteiger partial charge in [0.25, 0.3) is 0 Å². The Hall–Kier alpha value is -2.58. The smallest absolute Gasteiger partial charge is 0.231 e. The zero-order valence-corrected chi connectivity index (χ0v) is 23.9. The van der Waals surface area contributed by atoms with E-state index in [1.54, 1.807) is 14.2 Å². The van der Waals surface area contributed by atoms with E-state index in [9.17, 15) is 0 Å². The zero-order valence-electron chi connectivity index (χ0n) is 22.9. The Bertz CT molecular complexity index is 1180. The van der Waals surface area contributed by atoms with Crippen molar-refractivity contribution in [1.29, 1.82) is 0 Å². The Labute approximate surface area is 215 Å². The number of ether oxygens (including phenoxy) is 6. The number of methoxy groups -OCH3 is 2. The molecule has 1 aliphatic carbocycles. The van der Waals surface area contributed by atoms with Gasteiger partial charge in [-0.1, -0.05) is 34.6 Å². The van der Waals surface area contributed by atoms with Crippen molar-refractivity contribution < 1.29 is 32.8 Å². The molecule has 2 heterocycles. The molecule has 0 aromatic heterocycles. The van der Waals surface area contributed by atoms with Crippen molar-refractivity contribution in [2.45, 2.75) is 65.3 Å². The quantitative estimate of drug-likeness (QED) is 0.420. The van der Waals surface area contributed by atoms with Gasteiger partial charge < -0.3 is 32.8 Å². The molecule has 2 aliphatic heterocycles. The lowest BCUT2D eigenvalue weighted by atomic mass is 9.76. The molecular weight excluding hydrogens is 476 g/mol. The van der Waals surface area contributed by atoms with Crippen LogP contribution in [0.4, 0.5) is 0 Å². The summed E-state index contributed by atoms with van der Waals surface area (Å²) in [6, 6.07) is 4.17. The Morgan fingerprint density at radius 2 is 1.39 bits per heavy atom. The van der Waals surface area contributed by atoms with E-state index < -0.39 is 8.32 Å². The van der Waals surface area contributed by atoms with E-state index in [0.29, 0.717) is 40.4 Å². The summed E-state index contributed by atoms with van der Waals surface area (Å²) in [5, 5.41) is 0.0561. The molecular formula is C28H38O7Si. The SMILES string of the molecule is COc1c2c(cc3c1-c1c(cc4c(c1OC)OCO4)[C@@H](O[Si](C)(C)C(C)(C)C)[C@@H](C)[C@@H](C)C3)OCO2. The molecule has 8 heteroatoms. The molecule has 2 aromatic rings. The second-order valence-corrected chi connectivity index (χ2v) is 16.4. The number of hydrogen-bond acceptors (Lipinski definition) is 7. The summed E-state index contributed by atoms with van der Waals surface area (Å²) in [7, 11) is 1.20. The fraction of sp³-hybridized carbons (Fsp3) is 0.571. The van der Waals surface area contributed by atoms with Gasteiger partial charge in [0.05, 0.1) is 20.3 Å². The van der Waals surface area contributed by atoms with Gasteiger partial charge in [0.1, 0.15) is 0 Å². The predicted molar refractivity (Wildman–Crippen MR) is 140 cm³/mol. The fourth-order valence-electron chi connectivity index (χ4n) is 5.18. The molecule has 36 heavy (non-hydrogen) atoms. The molecule has 0 bridgehead atoms. The van der Waals surface area contributed by atoms with Gasteiger partial charge in [-0.05, 0) is 59.6 Å². The maximum atomic E-state index is 7.22. The maximum Gasteiger partial charge on any atom is 0.231 e. The first kappa shape index (κ1) is 25.1. The summed E-state index contributed by atoms with van der Waals surface area (Å²) < 4.78 is 42.7. The van der Waals surface area contributed by atoms with Gasteiger partial charge >= 0.3 is 0 Å². The lowest BCUT2D eigenvalue weighted by Gasteiger charge is -2.43. The highest BCUT2D eigenvalue weighted by atomic mass is 28.4. The predicted octanol–water partition coefficient (Wildman–Crippen LogP) is 6.72. The first-order chi connectivity index (χ1) is 17.0. The monoisotopic (exact) mass is 514 g/mol. The van der Waals surface area contributed by atoms with Crippen LogP contribution in [0.25, 0.3) is 11.1 Å². The van der Waals surface area contributed by atoms with Crippen molar-refractivity contribution in [1.82, 2.24) is 0 Å². The molecule has 0 fully saturated rings. The van der Waals surface area contributed by atoms with Crippen molar-refractivity contribution in [2.75, 3.05) is 27.8 Å². The third-order valence-corrected chi connectivity index (χ3v) is 12.9. The van der Waals surface area contributed by atoms with E-state index in [1.807, 2.05) is 0 Å². The van der Waals surface area contributed by atoms with Crippen molar-refractivity contribution in [3.8, 4) is 45.6 Å². The first-order valence-corrected chi connectivity index (χ1v) is 15.6. The molecule has 0 radical (unpaired) electrons. The minimum Gasteiger partial charge on any atom is -0.492 e. The molecule has 0 N–H and O–H groups in total. The van der Waals surface area contributed by atoms with Crippen LogP contribution < -0.4 is 28.4 Å². The van der Waals surface area contributed by atoms with Crippen LogP contribution in [-0.2, 0) is 10.8 Å². The lowest BCUT2D eigenvalue weighted by molar-refractivity contribution is 0.0953. The molecule has 5 rings (SSSR count). The molecule has 7 nitrogen and oxygen atoms in total. The number of hydrogen-bond donors (Lipinski definition) is 0. The Morgan fingerprint density at radius 3 is 1.94 bits per heavy atom. The minimum atomic E-state index is -2.14. The van der Waals surface area contributed by atoms with Crippen LogP contribution in [0.5, 0.6) is 34.5 Å². The van der Waals surface area contributed by atoms with Crippen molar-refractivity contribution >= 4 is 8.32 Å². The molecule has 2 aromatic carbocycles. The molecule has 196 valence electrons. The van der Waals surface area contributed by atoms with E-state index in [1.165, 1.54) is 0 Å². The van der Waals surface area contributed by atoms with Crippen LogP contribution in [0.3, 0.4) is 0 Å². The normalized spacial score (nSPS) is 22.4. The Kier molecular flexibility index (Phi) is 6.11.